The van der Waals surface area contributed by atoms with Crippen LogP contribution in [0.1, 0.15) is 16.2 Å². The Morgan fingerprint density at radius 3 is 2.24 bits per heavy atom. The first kappa shape index (κ1) is 13.2. The molecule has 0 unspecified atom stereocenters. The summed E-state index contributed by atoms with van der Waals surface area (Å²) in [6, 6.07) is 14.4. The summed E-state index contributed by atoms with van der Waals surface area (Å²) in [5, 5.41) is 0. The minimum atomic E-state index is -0.239. The predicted molar refractivity (Wildman–Crippen MR) is 78.6 cm³/mol. The van der Waals surface area contributed by atoms with Crippen LogP contribution < -0.4 is 0 Å². The molecule has 3 aromatic rings. The second-order valence-electron chi connectivity index (χ2n) is 4.74. The molecule has 3 rings (SSSR count). The Morgan fingerprint density at radius 1 is 1.00 bits per heavy atom. The number of hydrogen-bond acceptors (Lipinski definition) is 2. The van der Waals surface area contributed by atoms with Gasteiger partial charge >= 0.3 is 0 Å². The van der Waals surface area contributed by atoms with Gasteiger partial charge in [0.1, 0.15) is 5.82 Å². The first-order valence-corrected chi connectivity index (χ1v) is 6.57. The molecule has 0 aliphatic carbocycles. The Hall–Kier alpha value is -2.75. The molecule has 21 heavy (non-hydrogen) atoms. The van der Waals surface area contributed by atoms with E-state index < -0.39 is 0 Å². The number of hydrogen-bond donors (Lipinski definition) is 0. The van der Waals surface area contributed by atoms with E-state index >= 15 is 0 Å². The van der Waals surface area contributed by atoms with Crippen LogP contribution in [0.4, 0.5) is 4.39 Å². The zero-order valence-electron chi connectivity index (χ0n) is 11.2. The fourth-order valence-corrected chi connectivity index (χ4v) is 2.21. The summed E-state index contributed by atoms with van der Waals surface area (Å²) >= 11 is 0. The van der Waals surface area contributed by atoms with Crippen LogP contribution in [0.5, 0.6) is 0 Å². The second-order valence-corrected chi connectivity index (χ2v) is 4.74. The van der Waals surface area contributed by atoms with Crippen LogP contribution in [0.3, 0.4) is 0 Å². The third kappa shape index (κ3) is 2.89. The fraction of sp³-hybridized carbons (Fsp3) is 0.0588. The normalized spacial score (nSPS) is 10.5. The van der Waals surface area contributed by atoms with Crippen LogP contribution in [0, 0.1) is 5.82 Å². The molecule has 0 atom stereocenters. The summed E-state index contributed by atoms with van der Waals surface area (Å²) in [6.45, 7) is 0.595. The average molecular weight is 280 g/mol. The number of aromatic nitrogens is 2. The highest BCUT2D eigenvalue weighted by molar-refractivity contribution is 5.69. The maximum Gasteiger partial charge on any atom is 0.185 e. The van der Waals surface area contributed by atoms with Gasteiger partial charge in [-0.05, 0) is 28.8 Å². The van der Waals surface area contributed by atoms with Crippen molar-refractivity contribution in [2.24, 2.45) is 0 Å². The molecule has 0 fully saturated rings. The summed E-state index contributed by atoms with van der Waals surface area (Å²) in [6.07, 6.45) is 4.13. The van der Waals surface area contributed by atoms with Crippen molar-refractivity contribution in [1.29, 1.82) is 0 Å². The van der Waals surface area contributed by atoms with Crippen LogP contribution in [0.2, 0.25) is 0 Å². The molecule has 104 valence electrons. The molecule has 0 N–H and O–H groups in total. The zero-order chi connectivity index (χ0) is 14.7. The Morgan fingerprint density at radius 2 is 1.62 bits per heavy atom. The van der Waals surface area contributed by atoms with Gasteiger partial charge < -0.3 is 4.57 Å². The highest BCUT2D eigenvalue weighted by Gasteiger charge is 2.03. The van der Waals surface area contributed by atoms with Crippen molar-refractivity contribution >= 4 is 6.29 Å². The number of aldehydes is 1. The number of carbonyl (C=O) groups is 1. The summed E-state index contributed by atoms with van der Waals surface area (Å²) < 4.78 is 14.7. The molecule has 0 saturated heterocycles. The Labute approximate surface area is 121 Å². The summed E-state index contributed by atoms with van der Waals surface area (Å²) in [5.41, 5.74) is 3.07. The number of nitrogens with zero attached hydrogens (tertiary/aromatic N) is 2. The third-order valence-corrected chi connectivity index (χ3v) is 3.34. The first-order valence-electron chi connectivity index (χ1n) is 6.57. The summed E-state index contributed by atoms with van der Waals surface area (Å²) in [7, 11) is 0. The maximum atomic E-state index is 12.9. The second kappa shape index (κ2) is 5.71. The first-order chi connectivity index (χ1) is 10.3. The van der Waals surface area contributed by atoms with Gasteiger partial charge in [0.25, 0.3) is 0 Å². The minimum Gasteiger partial charge on any atom is -0.324 e. The van der Waals surface area contributed by atoms with Crippen LogP contribution in [-0.4, -0.2) is 15.8 Å². The molecule has 0 saturated carbocycles. The molecule has 0 amide bonds. The van der Waals surface area contributed by atoms with E-state index in [-0.39, 0.29) is 5.82 Å². The van der Waals surface area contributed by atoms with E-state index in [0.717, 1.165) is 23.0 Å². The minimum absolute atomic E-state index is 0.239. The van der Waals surface area contributed by atoms with Gasteiger partial charge in [-0.25, -0.2) is 9.37 Å². The molecule has 0 bridgehead atoms. The van der Waals surface area contributed by atoms with Gasteiger partial charge in [0.05, 0.1) is 0 Å². The van der Waals surface area contributed by atoms with Crippen molar-refractivity contribution in [1.82, 2.24) is 9.55 Å². The number of carbonyl (C=O) groups excluding carboxylic acids is 1. The Kier molecular flexibility index (Phi) is 3.60. The van der Waals surface area contributed by atoms with E-state index in [2.05, 4.69) is 4.98 Å². The van der Waals surface area contributed by atoms with Crippen molar-refractivity contribution in [3.63, 3.8) is 0 Å². The van der Waals surface area contributed by atoms with Gasteiger partial charge in [-0.2, -0.15) is 0 Å². The average Bonchev–Trinajstić information content (AvgIpc) is 2.96. The molecular weight excluding hydrogens is 267 g/mol. The molecular formula is C17H13FN2O. The molecule has 0 spiro atoms. The van der Waals surface area contributed by atoms with Crippen molar-refractivity contribution < 1.29 is 9.18 Å². The SMILES string of the molecule is O=Cc1nccn1Cc1ccc(-c2ccc(F)cc2)cc1. The maximum absolute atomic E-state index is 12.9. The van der Waals surface area contributed by atoms with Crippen LogP contribution in [0.15, 0.2) is 60.9 Å². The van der Waals surface area contributed by atoms with E-state index in [1.54, 1.807) is 29.1 Å². The number of imidazole rings is 1. The van der Waals surface area contributed by atoms with E-state index in [1.165, 1.54) is 12.1 Å². The van der Waals surface area contributed by atoms with Crippen LogP contribution in [-0.2, 0) is 6.54 Å². The molecule has 2 aromatic carbocycles. The van der Waals surface area contributed by atoms with Gasteiger partial charge in [0.15, 0.2) is 12.1 Å². The smallest absolute Gasteiger partial charge is 0.185 e. The van der Waals surface area contributed by atoms with Gasteiger partial charge in [-0.3, -0.25) is 4.79 Å². The number of benzene rings is 2. The fourth-order valence-electron chi connectivity index (χ4n) is 2.21. The van der Waals surface area contributed by atoms with E-state index in [4.69, 9.17) is 0 Å². The molecule has 3 nitrogen and oxygen atoms in total. The number of rotatable bonds is 4. The number of halogens is 1. The van der Waals surface area contributed by atoms with E-state index in [9.17, 15) is 9.18 Å². The third-order valence-electron chi connectivity index (χ3n) is 3.34. The standard InChI is InChI=1S/C17H13FN2O/c18-16-7-5-15(6-8-16)14-3-1-13(2-4-14)11-20-10-9-19-17(20)12-21/h1-10,12H,11H2. The van der Waals surface area contributed by atoms with E-state index in [0.29, 0.717) is 12.4 Å². The van der Waals surface area contributed by atoms with Crippen molar-refractivity contribution in [3.8, 4) is 11.1 Å². The lowest BCUT2D eigenvalue weighted by molar-refractivity contribution is 0.111. The van der Waals surface area contributed by atoms with Gasteiger partial charge in [0, 0.05) is 18.9 Å². The van der Waals surface area contributed by atoms with Crippen LogP contribution >= 0.6 is 0 Å². The van der Waals surface area contributed by atoms with Gasteiger partial charge in [-0.15, -0.1) is 0 Å². The molecule has 0 aliphatic heterocycles. The van der Waals surface area contributed by atoms with Gasteiger partial charge in [0.2, 0.25) is 0 Å². The quantitative estimate of drug-likeness (QED) is 0.685. The van der Waals surface area contributed by atoms with Crippen molar-refractivity contribution in [3.05, 3.63) is 78.1 Å². The van der Waals surface area contributed by atoms with Crippen molar-refractivity contribution in [2.45, 2.75) is 6.54 Å². The predicted octanol–water partition coefficient (Wildman–Crippen LogP) is 3.55. The zero-order valence-corrected chi connectivity index (χ0v) is 11.2. The lowest BCUT2D eigenvalue weighted by atomic mass is 10.0. The lowest BCUT2D eigenvalue weighted by Crippen LogP contribution is -2.03. The summed E-state index contributed by atoms with van der Waals surface area (Å²) in [5.74, 6) is 0.175. The van der Waals surface area contributed by atoms with Gasteiger partial charge in [-0.1, -0.05) is 36.4 Å². The monoisotopic (exact) mass is 280 g/mol. The molecule has 4 heteroatoms. The highest BCUT2D eigenvalue weighted by Crippen LogP contribution is 2.20. The molecule has 0 radical (unpaired) electrons. The van der Waals surface area contributed by atoms with Crippen molar-refractivity contribution in [2.75, 3.05) is 0 Å². The Bertz CT molecular complexity index is 745. The largest absolute Gasteiger partial charge is 0.324 e. The highest BCUT2D eigenvalue weighted by atomic mass is 19.1. The van der Waals surface area contributed by atoms with E-state index in [1.807, 2.05) is 24.3 Å². The van der Waals surface area contributed by atoms with Crippen LogP contribution in [0.25, 0.3) is 11.1 Å². The molecule has 0 aliphatic rings. The summed E-state index contributed by atoms with van der Waals surface area (Å²) in [4.78, 5) is 14.8. The topological polar surface area (TPSA) is 34.9 Å². The molecule has 1 aromatic heterocycles. The molecule has 1 heterocycles. The Balaban J connectivity index is 1.81. The lowest BCUT2D eigenvalue weighted by Gasteiger charge is -2.06.